The summed E-state index contributed by atoms with van der Waals surface area (Å²) in [6, 6.07) is -0.785. The SMILES string of the molecule is CCCNC(CCOC(=O)CC(=O)O)C(=O)O. The fraction of sp³-hybridized carbons (Fsp3) is 0.700. The van der Waals surface area contributed by atoms with Gasteiger partial charge in [-0.25, -0.2) is 0 Å². The van der Waals surface area contributed by atoms with E-state index in [9.17, 15) is 14.4 Å². The molecule has 0 bridgehead atoms. The van der Waals surface area contributed by atoms with Crippen molar-refractivity contribution >= 4 is 17.9 Å². The van der Waals surface area contributed by atoms with Gasteiger partial charge in [0, 0.05) is 6.42 Å². The number of carboxylic acids is 2. The molecule has 0 aromatic carbocycles. The molecule has 0 spiro atoms. The number of esters is 1. The summed E-state index contributed by atoms with van der Waals surface area (Å²) in [6.07, 6.45) is 0.198. The number of carbonyl (C=O) groups excluding carboxylic acids is 1. The Morgan fingerprint density at radius 3 is 2.41 bits per heavy atom. The number of carbonyl (C=O) groups is 3. The topological polar surface area (TPSA) is 113 Å². The fourth-order valence-electron chi connectivity index (χ4n) is 1.10. The van der Waals surface area contributed by atoms with E-state index in [2.05, 4.69) is 10.1 Å². The van der Waals surface area contributed by atoms with Gasteiger partial charge in [0.1, 0.15) is 12.5 Å². The second-order valence-electron chi connectivity index (χ2n) is 3.42. The Bertz CT molecular complexity index is 278. The first-order chi connectivity index (χ1) is 7.97. The van der Waals surface area contributed by atoms with Crippen LogP contribution in [0.15, 0.2) is 0 Å². The van der Waals surface area contributed by atoms with Crippen molar-refractivity contribution in [3.8, 4) is 0 Å². The van der Waals surface area contributed by atoms with E-state index in [-0.39, 0.29) is 13.0 Å². The van der Waals surface area contributed by atoms with Crippen LogP contribution in [0.4, 0.5) is 0 Å². The Labute approximate surface area is 98.8 Å². The highest BCUT2D eigenvalue weighted by Crippen LogP contribution is 1.96. The Morgan fingerprint density at radius 1 is 1.29 bits per heavy atom. The van der Waals surface area contributed by atoms with Crippen molar-refractivity contribution in [3.05, 3.63) is 0 Å². The Balaban J connectivity index is 3.85. The van der Waals surface area contributed by atoms with Gasteiger partial charge in [-0.2, -0.15) is 0 Å². The van der Waals surface area contributed by atoms with Crippen LogP contribution in [0, 0.1) is 0 Å². The maximum atomic E-state index is 10.8. The summed E-state index contributed by atoms with van der Waals surface area (Å²) in [5.74, 6) is -3.15. The molecule has 0 amide bonds. The standard InChI is InChI=1S/C10H17NO6/c1-2-4-11-7(10(15)16)3-5-17-9(14)6-8(12)13/h7,11H,2-6H2,1H3,(H,12,13)(H,15,16). The predicted molar refractivity (Wildman–Crippen MR) is 57.5 cm³/mol. The molecule has 0 saturated heterocycles. The van der Waals surface area contributed by atoms with Crippen molar-refractivity contribution in [2.75, 3.05) is 13.2 Å². The normalized spacial score (nSPS) is 11.8. The van der Waals surface area contributed by atoms with E-state index < -0.39 is 30.4 Å². The van der Waals surface area contributed by atoms with Gasteiger partial charge in [0.05, 0.1) is 6.61 Å². The largest absolute Gasteiger partial charge is 0.481 e. The number of nitrogens with one attached hydrogen (secondary N) is 1. The molecule has 1 unspecified atom stereocenters. The monoisotopic (exact) mass is 247 g/mol. The molecule has 0 radical (unpaired) electrons. The van der Waals surface area contributed by atoms with Crippen LogP contribution in [0.3, 0.4) is 0 Å². The van der Waals surface area contributed by atoms with Gasteiger partial charge in [-0.05, 0) is 13.0 Å². The highest BCUT2D eigenvalue weighted by Gasteiger charge is 2.17. The number of rotatable bonds is 9. The van der Waals surface area contributed by atoms with Gasteiger partial charge in [-0.1, -0.05) is 6.92 Å². The van der Waals surface area contributed by atoms with Crippen molar-refractivity contribution in [2.45, 2.75) is 32.2 Å². The molecule has 7 nitrogen and oxygen atoms in total. The quantitative estimate of drug-likeness (QED) is 0.383. The lowest BCUT2D eigenvalue weighted by Crippen LogP contribution is -2.38. The number of ether oxygens (including phenoxy) is 1. The van der Waals surface area contributed by atoms with Crippen LogP contribution >= 0.6 is 0 Å². The Hall–Kier alpha value is -1.63. The van der Waals surface area contributed by atoms with E-state index >= 15 is 0 Å². The number of hydrogen-bond donors (Lipinski definition) is 3. The lowest BCUT2D eigenvalue weighted by molar-refractivity contribution is -0.152. The Morgan fingerprint density at radius 2 is 1.94 bits per heavy atom. The summed E-state index contributed by atoms with van der Waals surface area (Å²) < 4.78 is 4.59. The highest BCUT2D eigenvalue weighted by atomic mass is 16.5. The van der Waals surface area contributed by atoms with E-state index in [1.165, 1.54) is 0 Å². The molecular formula is C10H17NO6. The van der Waals surface area contributed by atoms with Crippen LogP contribution in [-0.4, -0.2) is 47.3 Å². The van der Waals surface area contributed by atoms with E-state index in [0.29, 0.717) is 6.54 Å². The van der Waals surface area contributed by atoms with Crippen LogP contribution in [0.2, 0.25) is 0 Å². The highest BCUT2D eigenvalue weighted by molar-refractivity contribution is 5.90. The van der Waals surface area contributed by atoms with Crippen LogP contribution in [0.1, 0.15) is 26.2 Å². The molecule has 17 heavy (non-hydrogen) atoms. The molecule has 0 aromatic heterocycles. The van der Waals surface area contributed by atoms with Crippen LogP contribution < -0.4 is 5.32 Å². The van der Waals surface area contributed by atoms with Crippen LogP contribution in [-0.2, 0) is 19.1 Å². The molecule has 0 aromatic rings. The molecule has 0 fully saturated rings. The van der Waals surface area contributed by atoms with Gasteiger partial charge in [0.2, 0.25) is 0 Å². The predicted octanol–water partition coefficient (Wildman–Crippen LogP) is -0.153. The Kier molecular flexibility index (Phi) is 7.70. The molecular weight excluding hydrogens is 230 g/mol. The molecule has 0 rings (SSSR count). The molecule has 0 aliphatic heterocycles. The summed E-state index contributed by atoms with van der Waals surface area (Å²) in [5, 5.41) is 19.9. The van der Waals surface area contributed by atoms with Crippen molar-refractivity contribution in [2.24, 2.45) is 0 Å². The number of aliphatic carboxylic acids is 2. The molecule has 98 valence electrons. The molecule has 3 N–H and O–H groups in total. The van der Waals surface area contributed by atoms with Gasteiger partial charge >= 0.3 is 17.9 Å². The maximum absolute atomic E-state index is 10.8. The second kappa shape index (κ2) is 8.51. The van der Waals surface area contributed by atoms with E-state index in [1.54, 1.807) is 0 Å². The third-order valence-electron chi connectivity index (χ3n) is 1.90. The van der Waals surface area contributed by atoms with Crippen molar-refractivity contribution < 1.29 is 29.3 Å². The van der Waals surface area contributed by atoms with Gasteiger partial charge in [-0.15, -0.1) is 0 Å². The first kappa shape index (κ1) is 15.4. The smallest absolute Gasteiger partial charge is 0.320 e. The third kappa shape index (κ3) is 8.21. The lowest BCUT2D eigenvalue weighted by Gasteiger charge is -2.13. The number of hydrogen-bond acceptors (Lipinski definition) is 5. The number of carboxylic acid groups (broad SMARTS) is 2. The van der Waals surface area contributed by atoms with Crippen molar-refractivity contribution in [1.29, 1.82) is 0 Å². The summed E-state index contributed by atoms with van der Waals surface area (Å²) in [7, 11) is 0. The summed E-state index contributed by atoms with van der Waals surface area (Å²) in [4.78, 5) is 31.8. The first-order valence-electron chi connectivity index (χ1n) is 5.31. The minimum Gasteiger partial charge on any atom is -0.481 e. The van der Waals surface area contributed by atoms with Crippen LogP contribution in [0.5, 0.6) is 0 Å². The summed E-state index contributed by atoms with van der Waals surface area (Å²) in [6.45, 7) is 2.35. The van der Waals surface area contributed by atoms with Crippen molar-refractivity contribution in [3.63, 3.8) is 0 Å². The molecule has 1 atom stereocenters. The fourth-order valence-corrected chi connectivity index (χ4v) is 1.10. The zero-order valence-corrected chi connectivity index (χ0v) is 9.64. The average molecular weight is 247 g/mol. The first-order valence-corrected chi connectivity index (χ1v) is 5.31. The molecule has 0 aliphatic carbocycles. The van der Waals surface area contributed by atoms with Crippen LogP contribution in [0.25, 0.3) is 0 Å². The third-order valence-corrected chi connectivity index (χ3v) is 1.90. The zero-order valence-electron chi connectivity index (χ0n) is 9.64. The van der Waals surface area contributed by atoms with E-state index in [0.717, 1.165) is 6.42 Å². The molecule has 7 heteroatoms. The van der Waals surface area contributed by atoms with Crippen molar-refractivity contribution in [1.82, 2.24) is 5.32 Å². The molecule has 0 saturated carbocycles. The van der Waals surface area contributed by atoms with E-state index in [1.807, 2.05) is 6.92 Å². The zero-order chi connectivity index (χ0) is 13.3. The van der Waals surface area contributed by atoms with Gasteiger partial charge in [0.25, 0.3) is 0 Å². The second-order valence-corrected chi connectivity index (χ2v) is 3.42. The summed E-state index contributed by atoms with van der Waals surface area (Å²) in [5.41, 5.74) is 0. The van der Waals surface area contributed by atoms with Gasteiger partial charge < -0.3 is 20.3 Å². The molecule has 0 heterocycles. The summed E-state index contributed by atoms with van der Waals surface area (Å²) >= 11 is 0. The average Bonchev–Trinajstić information content (AvgIpc) is 2.21. The molecule has 0 aliphatic rings. The maximum Gasteiger partial charge on any atom is 0.320 e. The van der Waals surface area contributed by atoms with Gasteiger partial charge in [-0.3, -0.25) is 14.4 Å². The minimum atomic E-state index is -1.27. The minimum absolute atomic E-state index is 0.111. The van der Waals surface area contributed by atoms with E-state index in [4.69, 9.17) is 10.2 Å². The lowest BCUT2D eigenvalue weighted by atomic mass is 10.2. The van der Waals surface area contributed by atoms with Gasteiger partial charge in [0.15, 0.2) is 0 Å².